The van der Waals surface area contributed by atoms with Crippen LogP contribution in [0.15, 0.2) is 6.07 Å². The van der Waals surface area contributed by atoms with Crippen molar-refractivity contribution >= 4 is 17.2 Å². The molecule has 0 aromatic carbocycles. The van der Waals surface area contributed by atoms with Crippen molar-refractivity contribution in [2.24, 2.45) is 5.73 Å². The van der Waals surface area contributed by atoms with Gasteiger partial charge in [-0.15, -0.1) is 11.3 Å². The Balaban J connectivity index is 2.73. The summed E-state index contributed by atoms with van der Waals surface area (Å²) in [6.07, 6.45) is 1.61. The summed E-state index contributed by atoms with van der Waals surface area (Å²) in [7, 11) is 0. The fourth-order valence-electron chi connectivity index (χ4n) is 2.15. The van der Waals surface area contributed by atoms with Crippen LogP contribution in [0.5, 0.6) is 0 Å². The van der Waals surface area contributed by atoms with E-state index in [4.69, 9.17) is 5.73 Å². The van der Waals surface area contributed by atoms with Gasteiger partial charge in [-0.05, 0) is 45.7 Å². The molecule has 0 aliphatic heterocycles. The molecule has 0 saturated heterocycles. The zero-order chi connectivity index (χ0) is 13.9. The zero-order valence-electron chi connectivity index (χ0n) is 12.0. The van der Waals surface area contributed by atoms with Gasteiger partial charge >= 0.3 is 0 Å². The van der Waals surface area contributed by atoms with Crippen LogP contribution in [0.2, 0.25) is 0 Å². The minimum absolute atomic E-state index is 0.0159. The van der Waals surface area contributed by atoms with E-state index in [0.717, 1.165) is 6.42 Å². The van der Waals surface area contributed by atoms with Gasteiger partial charge in [0.05, 0.1) is 11.6 Å². The summed E-state index contributed by atoms with van der Waals surface area (Å²) in [6, 6.07) is 2.15. The Kier molecular flexibility index (Phi) is 4.93. The highest BCUT2D eigenvalue weighted by molar-refractivity contribution is 7.12. The van der Waals surface area contributed by atoms with Crippen LogP contribution in [-0.2, 0) is 4.79 Å². The van der Waals surface area contributed by atoms with E-state index in [1.807, 2.05) is 13.8 Å². The molecule has 0 fully saturated rings. The molecule has 0 aliphatic rings. The number of carbonyl (C=O) groups is 1. The molecule has 102 valence electrons. The lowest BCUT2D eigenvalue weighted by atomic mass is 9.95. The third kappa shape index (κ3) is 3.56. The van der Waals surface area contributed by atoms with Crippen molar-refractivity contribution in [3.8, 4) is 0 Å². The van der Waals surface area contributed by atoms with Crippen LogP contribution < -0.4 is 11.1 Å². The second-order valence-electron chi connectivity index (χ2n) is 5.23. The molecule has 1 rings (SSSR count). The van der Waals surface area contributed by atoms with Crippen LogP contribution in [0.1, 0.15) is 55.0 Å². The quantitative estimate of drug-likeness (QED) is 0.862. The largest absolute Gasteiger partial charge is 0.348 e. The Bertz CT molecular complexity index is 423. The van der Waals surface area contributed by atoms with Crippen molar-refractivity contribution < 1.29 is 4.79 Å². The third-order valence-electron chi connectivity index (χ3n) is 3.18. The van der Waals surface area contributed by atoms with E-state index in [1.165, 1.54) is 15.3 Å². The number of nitrogens with two attached hydrogens (primary N) is 1. The topological polar surface area (TPSA) is 55.1 Å². The van der Waals surface area contributed by atoms with Gasteiger partial charge in [0.1, 0.15) is 0 Å². The first-order valence-corrected chi connectivity index (χ1v) is 7.26. The second-order valence-corrected chi connectivity index (χ2v) is 6.69. The molecule has 0 aliphatic carbocycles. The predicted molar refractivity (Wildman–Crippen MR) is 77.9 cm³/mol. The Morgan fingerprint density at radius 3 is 2.61 bits per heavy atom. The van der Waals surface area contributed by atoms with Crippen molar-refractivity contribution in [1.82, 2.24) is 5.32 Å². The number of aryl methyl sites for hydroxylation is 2. The molecule has 3 N–H and O–H groups in total. The fraction of sp³-hybridized carbons (Fsp3) is 0.643. The van der Waals surface area contributed by atoms with Gasteiger partial charge in [0.2, 0.25) is 5.91 Å². The van der Waals surface area contributed by atoms with E-state index in [0.29, 0.717) is 6.42 Å². The molecule has 2 unspecified atom stereocenters. The van der Waals surface area contributed by atoms with Gasteiger partial charge in [-0.1, -0.05) is 13.3 Å². The normalized spacial score (nSPS) is 16.1. The molecule has 0 saturated carbocycles. The Morgan fingerprint density at radius 1 is 1.56 bits per heavy atom. The predicted octanol–water partition coefficient (Wildman–Crippen LogP) is 3.06. The summed E-state index contributed by atoms with van der Waals surface area (Å²) in [5, 5.41) is 3.02. The van der Waals surface area contributed by atoms with Gasteiger partial charge in [-0.25, -0.2) is 0 Å². The van der Waals surface area contributed by atoms with Crippen molar-refractivity contribution in [2.45, 2.75) is 59.0 Å². The van der Waals surface area contributed by atoms with Crippen molar-refractivity contribution in [2.75, 3.05) is 0 Å². The first-order valence-electron chi connectivity index (χ1n) is 6.44. The first-order chi connectivity index (χ1) is 8.27. The maximum atomic E-state index is 12.1. The third-order valence-corrected chi connectivity index (χ3v) is 4.16. The number of hydrogen-bond donors (Lipinski definition) is 2. The van der Waals surface area contributed by atoms with Gasteiger partial charge in [0.15, 0.2) is 0 Å². The molecule has 1 aromatic rings. The van der Waals surface area contributed by atoms with E-state index < -0.39 is 5.54 Å². The molecule has 18 heavy (non-hydrogen) atoms. The first kappa shape index (κ1) is 15.2. The molecule has 0 radical (unpaired) electrons. The average Bonchev–Trinajstić information content (AvgIpc) is 2.57. The van der Waals surface area contributed by atoms with Gasteiger partial charge in [0, 0.05) is 9.75 Å². The van der Waals surface area contributed by atoms with Crippen LogP contribution in [-0.4, -0.2) is 11.4 Å². The Hall–Kier alpha value is -0.870. The van der Waals surface area contributed by atoms with Crippen LogP contribution in [0.4, 0.5) is 0 Å². The molecule has 2 atom stereocenters. The summed E-state index contributed by atoms with van der Waals surface area (Å²) in [4.78, 5) is 14.7. The van der Waals surface area contributed by atoms with E-state index in [2.05, 4.69) is 25.2 Å². The minimum atomic E-state index is -0.776. The summed E-state index contributed by atoms with van der Waals surface area (Å²) < 4.78 is 0. The molecule has 1 aromatic heterocycles. The van der Waals surface area contributed by atoms with Crippen LogP contribution in [0.25, 0.3) is 0 Å². The van der Waals surface area contributed by atoms with Gasteiger partial charge in [-0.2, -0.15) is 0 Å². The summed E-state index contributed by atoms with van der Waals surface area (Å²) in [5.41, 5.74) is 6.45. The average molecular weight is 268 g/mol. The van der Waals surface area contributed by atoms with Crippen LogP contribution in [0, 0.1) is 13.8 Å². The van der Waals surface area contributed by atoms with E-state index >= 15 is 0 Å². The van der Waals surface area contributed by atoms with Crippen molar-refractivity contribution in [3.63, 3.8) is 0 Å². The number of amides is 1. The van der Waals surface area contributed by atoms with E-state index in [1.54, 1.807) is 18.3 Å². The maximum absolute atomic E-state index is 12.1. The second kappa shape index (κ2) is 5.85. The standard InChI is InChI=1S/C14H24N2OS/c1-6-7-14(5,15)13(17)16-10(3)12-8-9(2)18-11(12)4/h8,10H,6-7,15H2,1-5H3,(H,16,17). The van der Waals surface area contributed by atoms with Gasteiger partial charge in [-0.3, -0.25) is 4.79 Å². The van der Waals surface area contributed by atoms with Crippen molar-refractivity contribution in [3.05, 3.63) is 21.4 Å². The highest BCUT2D eigenvalue weighted by Crippen LogP contribution is 2.26. The number of carbonyl (C=O) groups excluding carboxylic acids is 1. The zero-order valence-corrected chi connectivity index (χ0v) is 12.8. The summed E-state index contributed by atoms with van der Waals surface area (Å²) >= 11 is 1.76. The lowest BCUT2D eigenvalue weighted by molar-refractivity contribution is -0.126. The highest BCUT2D eigenvalue weighted by Gasteiger charge is 2.28. The molecule has 3 nitrogen and oxygen atoms in total. The molecule has 0 bridgehead atoms. The maximum Gasteiger partial charge on any atom is 0.240 e. The number of thiophene rings is 1. The molecule has 1 amide bonds. The molecule has 1 heterocycles. The Morgan fingerprint density at radius 2 is 2.17 bits per heavy atom. The minimum Gasteiger partial charge on any atom is -0.348 e. The monoisotopic (exact) mass is 268 g/mol. The highest BCUT2D eigenvalue weighted by atomic mass is 32.1. The van der Waals surface area contributed by atoms with Crippen LogP contribution >= 0.6 is 11.3 Å². The SMILES string of the molecule is CCCC(C)(N)C(=O)NC(C)c1cc(C)sc1C. The van der Waals surface area contributed by atoms with Gasteiger partial charge < -0.3 is 11.1 Å². The van der Waals surface area contributed by atoms with E-state index in [9.17, 15) is 4.79 Å². The smallest absolute Gasteiger partial charge is 0.240 e. The van der Waals surface area contributed by atoms with Gasteiger partial charge in [0.25, 0.3) is 0 Å². The molecule has 0 spiro atoms. The van der Waals surface area contributed by atoms with E-state index in [-0.39, 0.29) is 11.9 Å². The lowest BCUT2D eigenvalue weighted by Crippen LogP contribution is -2.52. The fourth-order valence-corrected chi connectivity index (χ4v) is 3.17. The number of rotatable bonds is 5. The summed E-state index contributed by atoms with van der Waals surface area (Å²) in [6.45, 7) is 10.0. The van der Waals surface area contributed by atoms with Crippen LogP contribution in [0.3, 0.4) is 0 Å². The summed E-state index contributed by atoms with van der Waals surface area (Å²) in [5.74, 6) is -0.0693. The van der Waals surface area contributed by atoms with Crippen molar-refractivity contribution in [1.29, 1.82) is 0 Å². The number of hydrogen-bond acceptors (Lipinski definition) is 3. The number of nitrogens with one attached hydrogen (secondary N) is 1. The Labute approximate surface area is 114 Å². The molecule has 4 heteroatoms. The molecular weight excluding hydrogens is 244 g/mol. The molecular formula is C14H24N2OS. The lowest BCUT2D eigenvalue weighted by Gasteiger charge is -2.25.